The molecule has 2 aromatic rings. The van der Waals surface area contributed by atoms with E-state index in [-0.39, 0.29) is 24.0 Å². The second kappa shape index (κ2) is 5.99. The molecule has 3 nitrogen and oxygen atoms in total. The number of carboxylic acid groups (broad SMARTS) is 1. The summed E-state index contributed by atoms with van der Waals surface area (Å²) in [5.74, 6) is -1.03. The third kappa shape index (κ3) is 2.79. The van der Waals surface area contributed by atoms with Crippen LogP contribution in [0.25, 0.3) is 0 Å². The summed E-state index contributed by atoms with van der Waals surface area (Å²) in [6, 6.07) is 13.8. The standard InChI is InChI=1S/C20H20O3/c1-12-6-3-4-8-15(12)20-14(11-18(22)23)10-17(21)16-9-5-7-13(2)19(16)20/h3-9,14,20H,10-11H2,1-2H3,(H,22,23)/t14-,20+/m1/s1. The van der Waals surface area contributed by atoms with Crippen molar-refractivity contribution >= 4 is 11.8 Å². The van der Waals surface area contributed by atoms with E-state index in [9.17, 15) is 14.7 Å². The maximum atomic E-state index is 12.5. The monoisotopic (exact) mass is 308 g/mol. The molecule has 23 heavy (non-hydrogen) atoms. The van der Waals surface area contributed by atoms with E-state index in [2.05, 4.69) is 6.07 Å². The Morgan fingerprint density at radius 2 is 1.78 bits per heavy atom. The number of hydrogen-bond donors (Lipinski definition) is 1. The van der Waals surface area contributed by atoms with Gasteiger partial charge in [0, 0.05) is 24.3 Å². The number of carbonyl (C=O) groups is 2. The number of fused-ring (bicyclic) bond motifs is 1. The van der Waals surface area contributed by atoms with Crippen molar-refractivity contribution in [3.05, 3.63) is 70.3 Å². The topological polar surface area (TPSA) is 54.4 Å². The van der Waals surface area contributed by atoms with Gasteiger partial charge in [0.2, 0.25) is 0 Å². The van der Waals surface area contributed by atoms with Crippen LogP contribution in [-0.4, -0.2) is 16.9 Å². The van der Waals surface area contributed by atoms with Crippen LogP contribution in [0.3, 0.4) is 0 Å². The Morgan fingerprint density at radius 3 is 2.48 bits per heavy atom. The van der Waals surface area contributed by atoms with Crippen molar-refractivity contribution in [1.82, 2.24) is 0 Å². The zero-order valence-corrected chi connectivity index (χ0v) is 13.4. The van der Waals surface area contributed by atoms with Crippen LogP contribution in [0.2, 0.25) is 0 Å². The highest BCUT2D eigenvalue weighted by molar-refractivity contribution is 6.00. The van der Waals surface area contributed by atoms with E-state index in [0.717, 1.165) is 27.8 Å². The fraction of sp³-hybridized carbons (Fsp3) is 0.300. The van der Waals surface area contributed by atoms with E-state index in [4.69, 9.17) is 0 Å². The Labute approximate surface area is 136 Å². The fourth-order valence-corrected chi connectivity index (χ4v) is 3.80. The maximum absolute atomic E-state index is 12.5. The van der Waals surface area contributed by atoms with Crippen molar-refractivity contribution in [3.8, 4) is 0 Å². The number of ketones is 1. The molecule has 0 bridgehead atoms. The number of carboxylic acids is 1. The molecule has 1 N–H and O–H groups in total. The summed E-state index contributed by atoms with van der Waals surface area (Å²) in [6.07, 6.45) is 0.306. The number of Topliss-reactive ketones (excluding diaryl/α,β-unsaturated/α-hetero) is 1. The van der Waals surface area contributed by atoms with Gasteiger partial charge >= 0.3 is 5.97 Å². The van der Waals surface area contributed by atoms with E-state index in [1.165, 1.54) is 0 Å². The molecular weight excluding hydrogens is 288 g/mol. The summed E-state index contributed by atoms with van der Waals surface area (Å²) in [5.41, 5.74) is 5.07. The van der Waals surface area contributed by atoms with Crippen molar-refractivity contribution < 1.29 is 14.7 Å². The summed E-state index contributed by atoms with van der Waals surface area (Å²) in [5, 5.41) is 9.29. The SMILES string of the molecule is Cc1ccccc1[C@H]1c2c(C)cccc2C(=O)C[C@@H]1CC(=O)O. The minimum Gasteiger partial charge on any atom is -0.481 e. The Balaban J connectivity index is 2.22. The third-order valence-corrected chi connectivity index (χ3v) is 4.81. The van der Waals surface area contributed by atoms with Gasteiger partial charge in [-0.15, -0.1) is 0 Å². The van der Waals surface area contributed by atoms with Gasteiger partial charge in [-0.2, -0.15) is 0 Å². The molecule has 2 atom stereocenters. The largest absolute Gasteiger partial charge is 0.481 e. The first-order valence-corrected chi connectivity index (χ1v) is 7.89. The van der Waals surface area contributed by atoms with Crippen LogP contribution in [0.5, 0.6) is 0 Å². The second-order valence-corrected chi connectivity index (χ2v) is 6.36. The molecule has 0 heterocycles. The van der Waals surface area contributed by atoms with E-state index >= 15 is 0 Å². The average Bonchev–Trinajstić information content (AvgIpc) is 2.49. The molecule has 1 aliphatic rings. The molecule has 0 aromatic heterocycles. The average molecular weight is 308 g/mol. The number of aliphatic carboxylic acids is 1. The van der Waals surface area contributed by atoms with Crippen molar-refractivity contribution in [1.29, 1.82) is 0 Å². The Kier molecular flexibility index (Phi) is 4.03. The lowest BCUT2D eigenvalue weighted by molar-refractivity contribution is -0.138. The smallest absolute Gasteiger partial charge is 0.303 e. The predicted molar refractivity (Wildman–Crippen MR) is 88.9 cm³/mol. The molecule has 0 saturated carbocycles. The molecule has 0 spiro atoms. The highest BCUT2D eigenvalue weighted by atomic mass is 16.4. The lowest BCUT2D eigenvalue weighted by Crippen LogP contribution is -2.29. The van der Waals surface area contributed by atoms with Gasteiger partial charge in [0.15, 0.2) is 5.78 Å². The third-order valence-electron chi connectivity index (χ3n) is 4.81. The van der Waals surface area contributed by atoms with E-state index in [0.29, 0.717) is 6.42 Å². The number of hydrogen-bond acceptors (Lipinski definition) is 2. The Bertz CT molecular complexity index is 776. The zero-order chi connectivity index (χ0) is 16.6. The maximum Gasteiger partial charge on any atom is 0.303 e. The number of benzene rings is 2. The Hall–Kier alpha value is -2.42. The van der Waals surface area contributed by atoms with E-state index in [1.807, 2.05) is 50.2 Å². The van der Waals surface area contributed by atoms with Gasteiger partial charge in [0.1, 0.15) is 0 Å². The zero-order valence-electron chi connectivity index (χ0n) is 13.4. The molecule has 0 unspecified atom stereocenters. The summed E-state index contributed by atoms with van der Waals surface area (Å²) >= 11 is 0. The number of carbonyl (C=O) groups excluding carboxylic acids is 1. The first-order chi connectivity index (χ1) is 11.0. The fourth-order valence-electron chi connectivity index (χ4n) is 3.80. The van der Waals surface area contributed by atoms with Crippen LogP contribution >= 0.6 is 0 Å². The minimum atomic E-state index is -0.849. The molecule has 0 radical (unpaired) electrons. The van der Waals surface area contributed by atoms with Gasteiger partial charge in [0.25, 0.3) is 0 Å². The lowest BCUT2D eigenvalue weighted by atomic mass is 9.68. The summed E-state index contributed by atoms with van der Waals surface area (Å²) in [4.78, 5) is 23.8. The van der Waals surface area contributed by atoms with Crippen LogP contribution < -0.4 is 0 Å². The molecule has 118 valence electrons. The highest BCUT2D eigenvalue weighted by Gasteiger charge is 2.37. The predicted octanol–water partition coefficient (Wildman–Crippen LogP) is 4.11. The van der Waals surface area contributed by atoms with Gasteiger partial charge < -0.3 is 5.11 Å². The van der Waals surface area contributed by atoms with Crippen LogP contribution in [0.15, 0.2) is 42.5 Å². The van der Waals surface area contributed by atoms with Crippen molar-refractivity contribution in [3.63, 3.8) is 0 Å². The highest BCUT2D eigenvalue weighted by Crippen LogP contribution is 2.44. The second-order valence-electron chi connectivity index (χ2n) is 6.36. The Morgan fingerprint density at radius 1 is 1.09 bits per heavy atom. The molecular formula is C20H20O3. The first kappa shape index (κ1) is 15.5. The van der Waals surface area contributed by atoms with Crippen molar-refractivity contribution in [2.75, 3.05) is 0 Å². The summed E-state index contributed by atoms with van der Waals surface area (Å²) < 4.78 is 0. The van der Waals surface area contributed by atoms with E-state index < -0.39 is 5.97 Å². The summed E-state index contributed by atoms with van der Waals surface area (Å²) in [7, 11) is 0. The minimum absolute atomic E-state index is 0.0124. The van der Waals surface area contributed by atoms with Crippen molar-refractivity contribution in [2.45, 2.75) is 32.6 Å². The van der Waals surface area contributed by atoms with Crippen molar-refractivity contribution in [2.24, 2.45) is 5.92 Å². The molecule has 0 aliphatic heterocycles. The number of rotatable bonds is 3. The molecule has 1 aliphatic carbocycles. The van der Waals surface area contributed by atoms with Crippen LogP contribution in [0.4, 0.5) is 0 Å². The van der Waals surface area contributed by atoms with E-state index in [1.54, 1.807) is 0 Å². The lowest BCUT2D eigenvalue weighted by Gasteiger charge is -2.34. The molecule has 0 saturated heterocycles. The van der Waals surface area contributed by atoms with Gasteiger partial charge in [0.05, 0.1) is 0 Å². The first-order valence-electron chi connectivity index (χ1n) is 7.89. The summed E-state index contributed by atoms with van der Waals surface area (Å²) in [6.45, 7) is 4.04. The molecule has 3 heteroatoms. The van der Waals surface area contributed by atoms with Gasteiger partial charge in [-0.25, -0.2) is 0 Å². The van der Waals surface area contributed by atoms with Gasteiger partial charge in [-0.1, -0.05) is 42.5 Å². The quantitative estimate of drug-likeness (QED) is 0.928. The molecule has 0 fully saturated rings. The molecule has 0 amide bonds. The molecule has 2 aromatic carbocycles. The van der Waals surface area contributed by atoms with Crippen LogP contribution in [0.1, 0.15) is 51.4 Å². The van der Waals surface area contributed by atoms with Gasteiger partial charge in [-0.05, 0) is 42.0 Å². The molecule has 3 rings (SSSR count). The van der Waals surface area contributed by atoms with Gasteiger partial charge in [-0.3, -0.25) is 9.59 Å². The normalized spacial score (nSPS) is 20.2. The van der Waals surface area contributed by atoms with Crippen LogP contribution in [-0.2, 0) is 4.79 Å². The number of aryl methyl sites for hydroxylation is 2. The van der Waals surface area contributed by atoms with Crippen LogP contribution in [0, 0.1) is 19.8 Å².